The van der Waals surface area contributed by atoms with Gasteiger partial charge >= 0.3 is 0 Å². The molecule has 5 nitrogen and oxygen atoms in total. The molecule has 2 N–H and O–H groups in total. The van der Waals surface area contributed by atoms with Crippen LogP contribution < -0.4 is 10.6 Å². The summed E-state index contributed by atoms with van der Waals surface area (Å²) in [4.78, 5) is 12.0. The van der Waals surface area contributed by atoms with Crippen LogP contribution in [-0.2, 0) is 13.0 Å². The Kier molecular flexibility index (Phi) is 8.96. The van der Waals surface area contributed by atoms with Crippen molar-refractivity contribution in [2.24, 2.45) is 10.9 Å². The highest BCUT2D eigenvalue weighted by atomic mass is 32.1. The Morgan fingerprint density at radius 3 is 2.69 bits per heavy atom. The van der Waals surface area contributed by atoms with Crippen LogP contribution in [0.5, 0.6) is 0 Å². The molecule has 1 aromatic heterocycles. The lowest BCUT2D eigenvalue weighted by atomic mass is 9.97. The number of aromatic nitrogens is 1. The number of thiazole rings is 1. The molecule has 1 aliphatic heterocycles. The lowest BCUT2D eigenvalue weighted by Gasteiger charge is -2.30. The van der Waals surface area contributed by atoms with E-state index in [-0.39, 0.29) is 0 Å². The van der Waals surface area contributed by atoms with Gasteiger partial charge in [0.2, 0.25) is 0 Å². The molecule has 3 rings (SSSR count). The molecule has 29 heavy (non-hydrogen) atoms. The van der Waals surface area contributed by atoms with Gasteiger partial charge in [0.25, 0.3) is 0 Å². The van der Waals surface area contributed by atoms with E-state index in [1.165, 1.54) is 24.1 Å². The van der Waals surface area contributed by atoms with Gasteiger partial charge in [-0.3, -0.25) is 9.89 Å². The zero-order chi connectivity index (χ0) is 20.3. The van der Waals surface area contributed by atoms with Crippen LogP contribution >= 0.6 is 11.3 Å². The molecule has 1 fully saturated rings. The molecular weight excluding hydrogens is 378 g/mol. The number of rotatable bonds is 9. The number of guanidine groups is 1. The Labute approximate surface area is 179 Å². The quantitative estimate of drug-likeness (QED) is 0.372. The second-order valence-corrected chi connectivity index (χ2v) is 8.88. The van der Waals surface area contributed by atoms with Gasteiger partial charge in [-0.1, -0.05) is 30.3 Å². The van der Waals surface area contributed by atoms with Crippen molar-refractivity contribution in [1.29, 1.82) is 0 Å². The van der Waals surface area contributed by atoms with E-state index in [0.29, 0.717) is 5.92 Å². The minimum absolute atomic E-state index is 0.684. The molecule has 0 unspecified atom stereocenters. The average molecular weight is 414 g/mol. The number of hydrogen-bond donors (Lipinski definition) is 2. The minimum atomic E-state index is 0.684. The van der Waals surface area contributed by atoms with Gasteiger partial charge in [0.15, 0.2) is 5.96 Å². The van der Waals surface area contributed by atoms with Gasteiger partial charge in [-0.25, -0.2) is 4.98 Å². The van der Waals surface area contributed by atoms with E-state index in [0.717, 1.165) is 63.1 Å². The van der Waals surface area contributed by atoms with Crippen LogP contribution in [-0.4, -0.2) is 48.6 Å². The molecule has 1 aliphatic rings. The Morgan fingerprint density at radius 2 is 2.00 bits per heavy atom. The van der Waals surface area contributed by atoms with Crippen molar-refractivity contribution in [3.05, 3.63) is 52.0 Å². The number of aliphatic imine (C=N–C) groups is 1. The van der Waals surface area contributed by atoms with Crippen LogP contribution in [0.1, 0.15) is 42.5 Å². The molecule has 0 spiro atoms. The van der Waals surface area contributed by atoms with E-state index in [1.807, 2.05) is 0 Å². The van der Waals surface area contributed by atoms with Gasteiger partial charge in [0.05, 0.1) is 10.7 Å². The molecule has 0 atom stereocenters. The molecule has 0 bridgehead atoms. The predicted octanol–water partition coefficient (Wildman–Crippen LogP) is 3.85. The van der Waals surface area contributed by atoms with E-state index in [2.05, 4.69) is 70.1 Å². The summed E-state index contributed by atoms with van der Waals surface area (Å²) in [5, 5.41) is 10.2. The van der Waals surface area contributed by atoms with Gasteiger partial charge in [0.1, 0.15) is 0 Å². The third-order valence-electron chi connectivity index (χ3n) is 5.39. The molecule has 158 valence electrons. The van der Waals surface area contributed by atoms with E-state index in [4.69, 9.17) is 4.99 Å². The average Bonchev–Trinajstić information content (AvgIpc) is 3.15. The summed E-state index contributed by atoms with van der Waals surface area (Å²) >= 11 is 1.75. The summed E-state index contributed by atoms with van der Waals surface area (Å²) in [7, 11) is 0. The van der Waals surface area contributed by atoms with Gasteiger partial charge in [-0.05, 0) is 64.1 Å². The minimum Gasteiger partial charge on any atom is -0.357 e. The number of aryl methyl sites for hydroxylation is 2. The molecule has 0 aliphatic carbocycles. The van der Waals surface area contributed by atoms with E-state index in [1.54, 1.807) is 11.3 Å². The van der Waals surface area contributed by atoms with E-state index in [9.17, 15) is 0 Å². The number of piperidine rings is 1. The molecular formula is C23H35N5S. The fourth-order valence-corrected chi connectivity index (χ4v) is 4.35. The molecule has 1 aromatic carbocycles. The zero-order valence-electron chi connectivity index (χ0n) is 17.9. The fraction of sp³-hybridized carbons (Fsp3) is 0.565. The monoisotopic (exact) mass is 413 g/mol. The second-order valence-electron chi connectivity index (χ2n) is 7.81. The Bertz CT molecular complexity index is 735. The normalized spacial score (nSPS) is 16.1. The summed E-state index contributed by atoms with van der Waals surface area (Å²) in [5.74, 6) is 1.64. The van der Waals surface area contributed by atoms with Gasteiger partial charge in [-0.2, -0.15) is 0 Å². The molecule has 0 radical (unpaired) electrons. The molecule has 2 aromatic rings. The van der Waals surface area contributed by atoms with Crippen LogP contribution in [0.15, 0.2) is 40.7 Å². The van der Waals surface area contributed by atoms with Gasteiger partial charge in [0, 0.05) is 31.6 Å². The summed E-state index contributed by atoms with van der Waals surface area (Å²) in [6.07, 6.45) is 4.66. The van der Waals surface area contributed by atoms with Crippen LogP contribution in [0.4, 0.5) is 0 Å². The summed E-state index contributed by atoms with van der Waals surface area (Å²) in [5.41, 5.74) is 2.62. The standard InChI is InChI=1S/C23H35N5S/c1-3-24-23(25-13-7-10-20-8-5-4-6-9-20)26-16-21-11-14-28(15-12-21)17-22-18-29-19(2)27-22/h4-6,8-9,18,21H,3,7,10-17H2,1-2H3,(H2,24,25,26). The number of likely N-dealkylation sites (tertiary alicyclic amines) is 1. The van der Waals surface area contributed by atoms with Crippen LogP contribution in [0.2, 0.25) is 0 Å². The van der Waals surface area contributed by atoms with Crippen molar-refractivity contribution in [2.45, 2.75) is 46.1 Å². The van der Waals surface area contributed by atoms with Gasteiger partial charge in [-0.15, -0.1) is 11.3 Å². The van der Waals surface area contributed by atoms with Crippen molar-refractivity contribution in [3.8, 4) is 0 Å². The molecule has 2 heterocycles. The maximum Gasteiger partial charge on any atom is 0.191 e. The highest BCUT2D eigenvalue weighted by molar-refractivity contribution is 7.09. The zero-order valence-corrected chi connectivity index (χ0v) is 18.7. The topological polar surface area (TPSA) is 52.6 Å². The third kappa shape index (κ3) is 7.78. The summed E-state index contributed by atoms with van der Waals surface area (Å²) < 4.78 is 0. The van der Waals surface area contributed by atoms with Crippen molar-refractivity contribution >= 4 is 17.3 Å². The third-order valence-corrected chi connectivity index (χ3v) is 6.21. The first kappa shape index (κ1) is 21.8. The maximum absolute atomic E-state index is 4.86. The molecule has 0 saturated carbocycles. The summed E-state index contributed by atoms with van der Waals surface area (Å²) in [6, 6.07) is 10.7. The predicted molar refractivity (Wildman–Crippen MR) is 124 cm³/mol. The van der Waals surface area contributed by atoms with Crippen molar-refractivity contribution in [1.82, 2.24) is 20.5 Å². The lowest BCUT2D eigenvalue weighted by molar-refractivity contribution is 0.179. The van der Waals surface area contributed by atoms with Crippen molar-refractivity contribution < 1.29 is 0 Å². The summed E-state index contributed by atoms with van der Waals surface area (Å²) in [6.45, 7) is 10.3. The van der Waals surface area contributed by atoms with Crippen LogP contribution in [0.25, 0.3) is 0 Å². The fourth-order valence-electron chi connectivity index (χ4n) is 3.74. The Balaban J connectivity index is 1.36. The Hall–Kier alpha value is -1.92. The maximum atomic E-state index is 4.86. The molecule has 6 heteroatoms. The first-order chi connectivity index (χ1) is 14.2. The van der Waals surface area contributed by atoms with E-state index < -0.39 is 0 Å². The first-order valence-electron chi connectivity index (χ1n) is 10.9. The molecule has 1 saturated heterocycles. The highest BCUT2D eigenvalue weighted by Gasteiger charge is 2.19. The van der Waals surface area contributed by atoms with Crippen LogP contribution in [0, 0.1) is 12.8 Å². The number of nitrogens with zero attached hydrogens (tertiary/aromatic N) is 3. The molecule has 0 amide bonds. The van der Waals surface area contributed by atoms with Crippen molar-refractivity contribution in [2.75, 3.05) is 32.7 Å². The number of hydrogen-bond acceptors (Lipinski definition) is 4. The van der Waals surface area contributed by atoms with Crippen LogP contribution in [0.3, 0.4) is 0 Å². The van der Waals surface area contributed by atoms with E-state index >= 15 is 0 Å². The lowest BCUT2D eigenvalue weighted by Crippen LogP contribution is -2.39. The first-order valence-corrected chi connectivity index (χ1v) is 11.8. The largest absolute Gasteiger partial charge is 0.357 e. The Morgan fingerprint density at radius 1 is 1.21 bits per heavy atom. The van der Waals surface area contributed by atoms with Crippen molar-refractivity contribution in [3.63, 3.8) is 0 Å². The second kappa shape index (κ2) is 11.9. The highest BCUT2D eigenvalue weighted by Crippen LogP contribution is 2.20. The van der Waals surface area contributed by atoms with Gasteiger partial charge < -0.3 is 10.6 Å². The number of benzene rings is 1. The number of nitrogens with one attached hydrogen (secondary N) is 2. The smallest absolute Gasteiger partial charge is 0.191 e. The SMILES string of the molecule is CCNC(=NCC1CCN(Cc2csc(C)n2)CC1)NCCCc1ccccc1.